The molecule has 0 amide bonds. The molecule has 0 fully saturated rings. The van der Waals surface area contributed by atoms with Gasteiger partial charge in [-0.15, -0.1) is 0 Å². The van der Waals surface area contributed by atoms with Crippen LogP contribution in [0.5, 0.6) is 0 Å². The van der Waals surface area contributed by atoms with Crippen LogP contribution in [-0.2, 0) is 11.5 Å². The first-order chi connectivity index (χ1) is 7.90. The Bertz CT molecular complexity index is 428. The summed E-state index contributed by atoms with van der Waals surface area (Å²) in [6.45, 7) is 3.26. The largest absolute Gasteiger partial charge is 0.361 e. The molecule has 84 valence electrons. The summed E-state index contributed by atoms with van der Waals surface area (Å²) in [5.41, 5.74) is 0. The van der Waals surface area contributed by atoms with Crippen LogP contribution in [0.4, 0.5) is 0 Å². The second-order valence-corrected chi connectivity index (χ2v) is 4.26. The quantitative estimate of drug-likeness (QED) is 0.795. The lowest BCUT2D eigenvalue weighted by molar-refractivity contribution is 0.0820. The van der Waals surface area contributed by atoms with Crippen LogP contribution in [-0.4, -0.2) is 16.2 Å². The Morgan fingerprint density at radius 3 is 2.88 bits per heavy atom. The molecule has 0 spiro atoms. The van der Waals surface area contributed by atoms with Crippen LogP contribution < -0.4 is 0 Å². The number of ether oxygens (including phenoxy) is 1. The summed E-state index contributed by atoms with van der Waals surface area (Å²) < 4.78 is 7.37. The highest BCUT2D eigenvalue weighted by molar-refractivity contribution is 7.99. The zero-order chi connectivity index (χ0) is 11.2. The van der Waals surface area contributed by atoms with Gasteiger partial charge in [-0.05, 0) is 19.1 Å². The highest BCUT2D eigenvalue weighted by Crippen LogP contribution is 2.25. The van der Waals surface area contributed by atoms with E-state index in [0.29, 0.717) is 13.3 Å². The summed E-state index contributed by atoms with van der Waals surface area (Å²) in [5, 5.41) is 0.958. The van der Waals surface area contributed by atoms with Crippen molar-refractivity contribution in [1.82, 2.24) is 9.55 Å². The Kier molecular flexibility index (Phi) is 4.02. The Balaban J connectivity index is 2.07. The monoisotopic (exact) mass is 234 g/mol. The van der Waals surface area contributed by atoms with Gasteiger partial charge in [0.25, 0.3) is 0 Å². The Labute approximate surface area is 99.5 Å². The van der Waals surface area contributed by atoms with Crippen molar-refractivity contribution < 1.29 is 4.74 Å². The molecule has 1 aromatic heterocycles. The van der Waals surface area contributed by atoms with Crippen molar-refractivity contribution in [2.45, 2.75) is 23.7 Å². The van der Waals surface area contributed by atoms with Crippen LogP contribution in [0.25, 0.3) is 0 Å². The predicted molar refractivity (Wildman–Crippen MR) is 64.4 cm³/mol. The van der Waals surface area contributed by atoms with E-state index in [4.69, 9.17) is 4.74 Å². The van der Waals surface area contributed by atoms with E-state index in [2.05, 4.69) is 17.1 Å². The Morgan fingerprint density at radius 2 is 2.12 bits per heavy atom. The van der Waals surface area contributed by atoms with Crippen molar-refractivity contribution in [3.8, 4) is 0 Å². The van der Waals surface area contributed by atoms with Crippen LogP contribution >= 0.6 is 11.8 Å². The molecule has 0 saturated carbocycles. The summed E-state index contributed by atoms with van der Waals surface area (Å²) in [6, 6.07) is 10.2. The fourth-order valence-electron chi connectivity index (χ4n) is 1.28. The molecule has 0 saturated heterocycles. The molecule has 0 aliphatic carbocycles. The molecule has 1 aromatic carbocycles. The Hall–Kier alpha value is -1.26. The van der Waals surface area contributed by atoms with Crippen LogP contribution in [0, 0.1) is 0 Å². The first-order valence-electron chi connectivity index (χ1n) is 5.22. The number of imidazole rings is 1. The number of nitrogens with zero attached hydrogens (tertiary/aromatic N) is 2. The molecule has 3 nitrogen and oxygen atoms in total. The normalized spacial score (nSPS) is 10.6. The molecule has 2 aromatic rings. The number of hydrogen-bond acceptors (Lipinski definition) is 3. The summed E-state index contributed by atoms with van der Waals surface area (Å²) in [4.78, 5) is 5.50. The molecule has 1 heterocycles. The van der Waals surface area contributed by atoms with E-state index in [-0.39, 0.29) is 0 Å². The molecule has 0 N–H and O–H groups in total. The first-order valence-corrected chi connectivity index (χ1v) is 6.03. The van der Waals surface area contributed by atoms with Crippen molar-refractivity contribution in [2.24, 2.45) is 0 Å². The number of rotatable bonds is 5. The van der Waals surface area contributed by atoms with Gasteiger partial charge in [-0.3, -0.25) is 0 Å². The fraction of sp³-hybridized carbons (Fsp3) is 0.250. The molecular weight excluding hydrogens is 220 g/mol. The third-order valence-electron chi connectivity index (χ3n) is 2.06. The van der Waals surface area contributed by atoms with E-state index in [9.17, 15) is 0 Å². The van der Waals surface area contributed by atoms with E-state index in [1.165, 1.54) is 4.90 Å². The predicted octanol–water partition coefficient (Wildman–Crippen LogP) is 3.03. The van der Waals surface area contributed by atoms with Gasteiger partial charge in [0.05, 0.1) is 0 Å². The van der Waals surface area contributed by atoms with Gasteiger partial charge >= 0.3 is 0 Å². The van der Waals surface area contributed by atoms with E-state index in [1.54, 1.807) is 18.0 Å². The van der Waals surface area contributed by atoms with Gasteiger partial charge in [-0.2, -0.15) is 0 Å². The maximum Gasteiger partial charge on any atom is 0.174 e. The molecule has 2 rings (SSSR count). The SMILES string of the molecule is CCOCn1ccnc1Sc1ccccc1. The van der Waals surface area contributed by atoms with Gasteiger partial charge < -0.3 is 9.30 Å². The molecule has 16 heavy (non-hydrogen) atoms. The van der Waals surface area contributed by atoms with Gasteiger partial charge in [0.2, 0.25) is 0 Å². The smallest absolute Gasteiger partial charge is 0.174 e. The standard InChI is InChI=1S/C12H14N2OS/c1-2-15-10-14-9-8-13-12(14)16-11-6-4-3-5-7-11/h3-9H,2,10H2,1H3. The van der Waals surface area contributed by atoms with Gasteiger partial charge in [0.15, 0.2) is 5.16 Å². The molecule has 0 bridgehead atoms. The van der Waals surface area contributed by atoms with Crippen molar-refractivity contribution in [2.75, 3.05) is 6.61 Å². The highest BCUT2D eigenvalue weighted by atomic mass is 32.2. The maximum atomic E-state index is 5.37. The third kappa shape index (κ3) is 2.87. The third-order valence-corrected chi connectivity index (χ3v) is 3.09. The van der Waals surface area contributed by atoms with E-state index < -0.39 is 0 Å². The number of aromatic nitrogens is 2. The number of hydrogen-bond donors (Lipinski definition) is 0. The van der Waals surface area contributed by atoms with Gasteiger partial charge in [-0.25, -0.2) is 4.98 Å². The summed E-state index contributed by atoms with van der Waals surface area (Å²) in [7, 11) is 0. The van der Waals surface area contributed by atoms with Gasteiger partial charge in [0, 0.05) is 23.9 Å². The molecule has 0 aliphatic rings. The van der Waals surface area contributed by atoms with E-state index in [1.807, 2.05) is 35.9 Å². The van der Waals surface area contributed by atoms with Crippen molar-refractivity contribution in [1.29, 1.82) is 0 Å². The first kappa shape index (κ1) is 11.2. The minimum absolute atomic E-state index is 0.561. The summed E-state index contributed by atoms with van der Waals surface area (Å²) >= 11 is 1.64. The highest BCUT2D eigenvalue weighted by Gasteiger charge is 2.04. The average Bonchev–Trinajstić information content (AvgIpc) is 2.75. The fourth-order valence-corrected chi connectivity index (χ4v) is 2.13. The molecule has 0 atom stereocenters. The van der Waals surface area contributed by atoms with Crippen LogP contribution in [0.3, 0.4) is 0 Å². The van der Waals surface area contributed by atoms with Crippen molar-refractivity contribution >= 4 is 11.8 Å². The molecule has 0 unspecified atom stereocenters. The van der Waals surface area contributed by atoms with Gasteiger partial charge in [0.1, 0.15) is 6.73 Å². The second kappa shape index (κ2) is 5.72. The van der Waals surface area contributed by atoms with E-state index >= 15 is 0 Å². The zero-order valence-electron chi connectivity index (χ0n) is 9.17. The molecular formula is C12H14N2OS. The topological polar surface area (TPSA) is 27.1 Å². The Morgan fingerprint density at radius 1 is 1.31 bits per heavy atom. The van der Waals surface area contributed by atoms with E-state index in [0.717, 1.165) is 5.16 Å². The van der Waals surface area contributed by atoms with Gasteiger partial charge in [-0.1, -0.05) is 30.0 Å². The minimum atomic E-state index is 0.561. The second-order valence-electron chi connectivity index (χ2n) is 3.22. The lowest BCUT2D eigenvalue weighted by Crippen LogP contribution is -2.02. The summed E-state index contributed by atoms with van der Waals surface area (Å²) in [6.07, 6.45) is 3.73. The lowest BCUT2D eigenvalue weighted by atomic mass is 10.4. The molecule has 4 heteroatoms. The van der Waals surface area contributed by atoms with Crippen molar-refractivity contribution in [3.63, 3.8) is 0 Å². The molecule has 0 aliphatic heterocycles. The maximum absolute atomic E-state index is 5.37. The molecule has 0 radical (unpaired) electrons. The lowest BCUT2D eigenvalue weighted by Gasteiger charge is -2.06. The summed E-state index contributed by atoms with van der Waals surface area (Å²) in [5.74, 6) is 0. The minimum Gasteiger partial charge on any atom is -0.361 e. The van der Waals surface area contributed by atoms with Crippen molar-refractivity contribution in [3.05, 3.63) is 42.7 Å². The van der Waals surface area contributed by atoms with Crippen LogP contribution in [0.15, 0.2) is 52.8 Å². The van der Waals surface area contributed by atoms with Crippen LogP contribution in [0.2, 0.25) is 0 Å². The van der Waals surface area contributed by atoms with Crippen LogP contribution in [0.1, 0.15) is 6.92 Å². The zero-order valence-corrected chi connectivity index (χ0v) is 9.98. The number of benzene rings is 1. The average molecular weight is 234 g/mol.